The Morgan fingerprint density at radius 1 is 1.09 bits per heavy atom. The van der Waals surface area contributed by atoms with E-state index in [9.17, 15) is 0 Å². The number of aryl methyl sites for hydroxylation is 1. The Hall–Kier alpha value is -1.32. The molecule has 1 aliphatic heterocycles. The van der Waals surface area contributed by atoms with Gasteiger partial charge in [0.15, 0.2) is 0 Å². The summed E-state index contributed by atoms with van der Waals surface area (Å²) in [6.45, 7) is 6.12. The Bertz CT molecular complexity index is 621. The van der Waals surface area contributed by atoms with Crippen molar-refractivity contribution in [3.05, 3.63) is 63.6 Å². The number of nitrogens with zero attached hydrogens (tertiary/aromatic N) is 1. The minimum absolute atomic E-state index is 0.621. The van der Waals surface area contributed by atoms with Crippen molar-refractivity contribution in [1.29, 1.82) is 0 Å². The van der Waals surface area contributed by atoms with Gasteiger partial charge in [-0.2, -0.15) is 0 Å². The van der Waals surface area contributed by atoms with Crippen LogP contribution in [0.4, 0.5) is 0 Å². The summed E-state index contributed by atoms with van der Waals surface area (Å²) in [6, 6.07) is 14.7. The van der Waals surface area contributed by atoms with Crippen LogP contribution >= 0.6 is 15.9 Å². The number of rotatable bonds is 5. The van der Waals surface area contributed by atoms with Gasteiger partial charge in [-0.3, -0.25) is 4.90 Å². The van der Waals surface area contributed by atoms with E-state index in [1.54, 1.807) is 0 Å². The van der Waals surface area contributed by atoms with Gasteiger partial charge in [0.25, 0.3) is 0 Å². The third-order valence-corrected chi connectivity index (χ3v) is 4.59. The van der Waals surface area contributed by atoms with Crippen LogP contribution in [0.15, 0.2) is 46.9 Å². The van der Waals surface area contributed by atoms with E-state index < -0.39 is 0 Å². The lowest BCUT2D eigenvalue weighted by Gasteiger charge is -2.20. The molecule has 1 aliphatic rings. The average Bonchev–Trinajstić information content (AvgIpc) is 3.00. The van der Waals surface area contributed by atoms with Crippen LogP contribution in [0.2, 0.25) is 0 Å². The van der Waals surface area contributed by atoms with E-state index in [0.717, 1.165) is 16.8 Å². The molecule has 1 saturated heterocycles. The monoisotopic (exact) mass is 359 g/mol. The first-order valence-electron chi connectivity index (χ1n) is 7.90. The standard InChI is InChI=1S/C19H22BrNO/c1-15-11-18(20)12-17(13-21-9-5-6-10-21)19(15)22-14-16-7-3-2-4-8-16/h2-4,7-8,11-12H,5-6,9-10,13-14H2,1H3. The number of ether oxygens (including phenoxy) is 1. The van der Waals surface area contributed by atoms with Crippen LogP contribution in [0, 0.1) is 6.92 Å². The second kappa shape index (κ2) is 7.30. The second-order valence-electron chi connectivity index (χ2n) is 5.97. The van der Waals surface area contributed by atoms with Crippen molar-refractivity contribution >= 4 is 15.9 Å². The first kappa shape index (κ1) is 15.6. The molecule has 2 aromatic rings. The van der Waals surface area contributed by atoms with Crippen molar-refractivity contribution in [2.24, 2.45) is 0 Å². The summed E-state index contributed by atoms with van der Waals surface area (Å²) in [4.78, 5) is 2.51. The molecule has 2 nitrogen and oxygen atoms in total. The minimum Gasteiger partial charge on any atom is -0.488 e. The topological polar surface area (TPSA) is 12.5 Å². The minimum atomic E-state index is 0.621. The highest BCUT2D eigenvalue weighted by Crippen LogP contribution is 2.30. The zero-order chi connectivity index (χ0) is 15.4. The number of hydrogen-bond acceptors (Lipinski definition) is 2. The Labute approximate surface area is 141 Å². The van der Waals surface area contributed by atoms with Crippen LogP contribution in [0.3, 0.4) is 0 Å². The molecule has 0 radical (unpaired) electrons. The van der Waals surface area contributed by atoms with E-state index in [0.29, 0.717) is 6.61 Å². The predicted octanol–water partition coefficient (Wildman–Crippen LogP) is 4.93. The first-order valence-corrected chi connectivity index (χ1v) is 8.70. The van der Waals surface area contributed by atoms with Crippen molar-refractivity contribution in [2.45, 2.75) is 32.9 Å². The average molecular weight is 360 g/mol. The molecule has 0 amide bonds. The Morgan fingerprint density at radius 2 is 1.82 bits per heavy atom. The molecular formula is C19H22BrNO. The maximum absolute atomic E-state index is 6.17. The van der Waals surface area contributed by atoms with Crippen LogP contribution in [0.5, 0.6) is 5.75 Å². The van der Waals surface area contributed by atoms with Gasteiger partial charge in [-0.15, -0.1) is 0 Å². The van der Waals surface area contributed by atoms with Crippen LogP contribution < -0.4 is 4.74 Å². The van der Waals surface area contributed by atoms with Crippen molar-refractivity contribution in [1.82, 2.24) is 4.90 Å². The zero-order valence-corrected chi connectivity index (χ0v) is 14.6. The molecule has 0 atom stereocenters. The SMILES string of the molecule is Cc1cc(Br)cc(CN2CCCC2)c1OCc1ccccc1. The summed E-state index contributed by atoms with van der Waals surface area (Å²) in [7, 11) is 0. The lowest BCUT2D eigenvalue weighted by atomic mass is 10.1. The number of halogens is 1. The summed E-state index contributed by atoms with van der Waals surface area (Å²) in [5.41, 5.74) is 3.68. The maximum atomic E-state index is 6.17. The molecular weight excluding hydrogens is 338 g/mol. The largest absolute Gasteiger partial charge is 0.488 e. The van der Waals surface area contributed by atoms with E-state index in [1.165, 1.54) is 42.6 Å². The highest BCUT2D eigenvalue weighted by molar-refractivity contribution is 9.10. The van der Waals surface area contributed by atoms with Gasteiger partial charge in [-0.05, 0) is 56.1 Å². The molecule has 0 saturated carbocycles. The molecule has 0 spiro atoms. The Balaban J connectivity index is 1.78. The van der Waals surface area contributed by atoms with Gasteiger partial charge in [0.05, 0.1) is 0 Å². The number of hydrogen-bond donors (Lipinski definition) is 0. The Kier molecular flexibility index (Phi) is 5.16. The van der Waals surface area contributed by atoms with Gasteiger partial charge in [0.2, 0.25) is 0 Å². The molecule has 1 heterocycles. The van der Waals surface area contributed by atoms with E-state index in [4.69, 9.17) is 4.74 Å². The molecule has 0 N–H and O–H groups in total. The van der Waals surface area contributed by atoms with Gasteiger partial charge in [-0.25, -0.2) is 0 Å². The lowest BCUT2D eigenvalue weighted by Crippen LogP contribution is -2.19. The fourth-order valence-electron chi connectivity index (χ4n) is 3.03. The molecule has 0 aliphatic carbocycles. The van der Waals surface area contributed by atoms with Crippen LogP contribution in [-0.2, 0) is 13.2 Å². The van der Waals surface area contributed by atoms with Crippen LogP contribution in [0.1, 0.15) is 29.5 Å². The molecule has 1 fully saturated rings. The predicted molar refractivity (Wildman–Crippen MR) is 94.2 cm³/mol. The van der Waals surface area contributed by atoms with Gasteiger partial charge >= 0.3 is 0 Å². The molecule has 2 aromatic carbocycles. The van der Waals surface area contributed by atoms with Gasteiger partial charge in [0, 0.05) is 16.6 Å². The van der Waals surface area contributed by atoms with Gasteiger partial charge in [0.1, 0.15) is 12.4 Å². The molecule has 0 bridgehead atoms. The summed E-state index contributed by atoms with van der Waals surface area (Å²) in [5, 5.41) is 0. The van der Waals surface area contributed by atoms with Gasteiger partial charge < -0.3 is 4.74 Å². The van der Waals surface area contributed by atoms with E-state index in [-0.39, 0.29) is 0 Å². The highest BCUT2D eigenvalue weighted by Gasteiger charge is 2.16. The normalized spacial score (nSPS) is 15.2. The van der Waals surface area contributed by atoms with Crippen molar-refractivity contribution in [3.63, 3.8) is 0 Å². The van der Waals surface area contributed by atoms with Crippen molar-refractivity contribution in [3.8, 4) is 5.75 Å². The molecule has 22 heavy (non-hydrogen) atoms. The summed E-state index contributed by atoms with van der Waals surface area (Å²) < 4.78 is 7.30. The summed E-state index contributed by atoms with van der Waals surface area (Å²) >= 11 is 3.62. The maximum Gasteiger partial charge on any atom is 0.127 e. The molecule has 0 aromatic heterocycles. The van der Waals surface area contributed by atoms with E-state index in [2.05, 4.69) is 64.2 Å². The third kappa shape index (κ3) is 3.90. The van der Waals surface area contributed by atoms with Crippen molar-refractivity contribution < 1.29 is 4.74 Å². The van der Waals surface area contributed by atoms with Gasteiger partial charge in [-0.1, -0.05) is 46.3 Å². The van der Waals surface area contributed by atoms with Crippen LogP contribution in [0.25, 0.3) is 0 Å². The molecule has 0 unspecified atom stereocenters. The second-order valence-corrected chi connectivity index (χ2v) is 6.88. The number of benzene rings is 2. The zero-order valence-electron chi connectivity index (χ0n) is 13.0. The highest BCUT2D eigenvalue weighted by atomic mass is 79.9. The quantitative estimate of drug-likeness (QED) is 0.750. The molecule has 116 valence electrons. The summed E-state index contributed by atoms with van der Waals surface area (Å²) in [6.07, 6.45) is 2.63. The van der Waals surface area contributed by atoms with Crippen LogP contribution in [-0.4, -0.2) is 18.0 Å². The molecule has 3 rings (SSSR count). The lowest BCUT2D eigenvalue weighted by molar-refractivity contribution is 0.284. The first-order chi connectivity index (χ1) is 10.7. The van der Waals surface area contributed by atoms with Crippen molar-refractivity contribution in [2.75, 3.05) is 13.1 Å². The number of likely N-dealkylation sites (tertiary alicyclic amines) is 1. The fourth-order valence-corrected chi connectivity index (χ4v) is 3.65. The smallest absolute Gasteiger partial charge is 0.127 e. The van der Waals surface area contributed by atoms with E-state index >= 15 is 0 Å². The summed E-state index contributed by atoms with van der Waals surface area (Å²) in [5.74, 6) is 1.04. The fraction of sp³-hybridized carbons (Fsp3) is 0.368. The third-order valence-electron chi connectivity index (χ3n) is 4.13. The molecule has 3 heteroatoms. The van der Waals surface area contributed by atoms with E-state index in [1.807, 2.05) is 6.07 Å². The Morgan fingerprint density at radius 3 is 2.55 bits per heavy atom.